The summed E-state index contributed by atoms with van der Waals surface area (Å²) in [5.41, 5.74) is 0.961. The Hall–Kier alpha value is -2.38. The molecule has 0 unspecified atom stereocenters. The van der Waals surface area contributed by atoms with Gasteiger partial charge in [-0.25, -0.2) is 8.42 Å². The van der Waals surface area contributed by atoms with Crippen molar-refractivity contribution in [3.05, 3.63) is 60.2 Å². The number of carbonyl (C=O) groups is 1. The van der Waals surface area contributed by atoms with E-state index in [1.165, 1.54) is 12.1 Å². The maximum atomic E-state index is 12.8. The van der Waals surface area contributed by atoms with E-state index in [1.54, 1.807) is 19.1 Å². The van der Waals surface area contributed by atoms with Crippen LogP contribution in [0.4, 0.5) is 0 Å². The topological polar surface area (TPSA) is 75.7 Å². The normalized spacial score (nSPS) is 12.6. The first-order valence-corrected chi connectivity index (χ1v) is 10.4. The van der Waals surface area contributed by atoms with E-state index in [0.29, 0.717) is 12.4 Å². The molecule has 2 aromatic carbocycles. The monoisotopic (exact) mass is 390 g/mol. The molecule has 0 aliphatic heterocycles. The maximum Gasteiger partial charge on any atom is 0.243 e. The van der Waals surface area contributed by atoms with Crippen LogP contribution in [0.2, 0.25) is 0 Å². The predicted molar refractivity (Wildman–Crippen MR) is 105 cm³/mol. The van der Waals surface area contributed by atoms with Crippen LogP contribution in [0.15, 0.2) is 59.5 Å². The van der Waals surface area contributed by atoms with Crippen LogP contribution in [0.3, 0.4) is 0 Å². The number of hydrogen-bond acceptors (Lipinski definition) is 4. The molecule has 2 aromatic rings. The summed E-state index contributed by atoms with van der Waals surface area (Å²) in [4.78, 5) is 12.5. The molecule has 7 heteroatoms. The second kappa shape index (κ2) is 9.53. The molecule has 1 amide bonds. The van der Waals surface area contributed by atoms with E-state index in [4.69, 9.17) is 4.74 Å². The Balaban J connectivity index is 2.07. The first kappa shape index (κ1) is 20.9. The lowest BCUT2D eigenvalue weighted by atomic mass is 10.1. The van der Waals surface area contributed by atoms with Gasteiger partial charge in [-0.05, 0) is 43.7 Å². The first-order valence-electron chi connectivity index (χ1n) is 8.95. The van der Waals surface area contributed by atoms with Crippen LogP contribution < -0.4 is 10.1 Å². The number of carbonyl (C=O) groups excluding carboxylic acids is 1. The quantitative estimate of drug-likeness (QED) is 0.714. The van der Waals surface area contributed by atoms with E-state index < -0.39 is 10.0 Å². The molecule has 0 aliphatic rings. The van der Waals surface area contributed by atoms with Gasteiger partial charge in [-0.2, -0.15) is 4.31 Å². The summed E-state index contributed by atoms with van der Waals surface area (Å²) in [5.74, 6) is 0.261. The van der Waals surface area contributed by atoms with Crippen LogP contribution in [0.5, 0.6) is 5.75 Å². The van der Waals surface area contributed by atoms with E-state index >= 15 is 0 Å². The highest BCUT2D eigenvalue weighted by atomic mass is 32.2. The molecule has 6 nitrogen and oxygen atoms in total. The van der Waals surface area contributed by atoms with Gasteiger partial charge in [-0.1, -0.05) is 37.3 Å². The minimum atomic E-state index is -3.76. The summed E-state index contributed by atoms with van der Waals surface area (Å²) in [6, 6.07) is 15.5. The number of rotatable bonds is 9. The Bertz CT molecular complexity index is 836. The molecule has 2 rings (SSSR count). The van der Waals surface area contributed by atoms with Crippen LogP contribution in [-0.2, 0) is 14.8 Å². The average Bonchev–Trinajstić information content (AvgIpc) is 2.67. The molecule has 1 atom stereocenters. The number of ether oxygens (including phenoxy) is 1. The van der Waals surface area contributed by atoms with Crippen LogP contribution in [-0.4, -0.2) is 38.3 Å². The number of amides is 1. The predicted octanol–water partition coefficient (Wildman–Crippen LogP) is 2.97. The van der Waals surface area contributed by atoms with Gasteiger partial charge in [0, 0.05) is 6.54 Å². The van der Waals surface area contributed by atoms with Crippen molar-refractivity contribution in [3.8, 4) is 5.75 Å². The Morgan fingerprint density at radius 1 is 1.07 bits per heavy atom. The van der Waals surface area contributed by atoms with Gasteiger partial charge in [0.2, 0.25) is 15.9 Å². The fourth-order valence-corrected chi connectivity index (χ4v) is 4.07. The molecule has 0 aromatic heterocycles. The van der Waals surface area contributed by atoms with Crippen LogP contribution in [0.1, 0.15) is 32.4 Å². The third kappa shape index (κ3) is 5.55. The van der Waals surface area contributed by atoms with Gasteiger partial charge >= 0.3 is 0 Å². The lowest BCUT2D eigenvalue weighted by Crippen LogP contribution is -2.41. The van der Waals surface area contributed by atoms with Gasteiger partial charge in [-0.3, -0.25) is 4.79 Å². The Kier molecular flexibility index (Phi) is 7.38. The second-order valence-corrected chi connectivity index (χ2v) is 7.97. The summed E-state index contributed by atoms with van der Waals surface area (Å²) in [6.45, 7) is 5.90. The van der Waals surface area contributed by atoms with Crippen molar-refractivity contribution in [1.82, 2.24) is 9.62 Å². The zero-order chi connectivity index (χ0) is 19.9. The highest BCUT2D eigenvalue weighted by Gasteiger charge is 2.25. The van der Waals surface area contributed by atoms with Crippen molar-refractivity contribution in [2.45, 2.75) is 31.7 Å². The van der Waals surface area contributed by atoms with Crippen molar-refractivity contribution in [2.24, 2.45) is 0 Å². The Morgan fingerprint density at radius 3 is 2.26 bits per heavy atom. The lowest BCUT2D eigenvalue weighted by Gasteiger charge is -2.22. The third-order valence-corrected chi connectivity index (χ3v) is 6.06. The molecule has 0 radical (unpaired) electrons. The molecule has 0 saturated heterocycles. The van der Waals surface area contributed by atoms with Crippen molar-refractivity contribution in [3.63, 3.8) is 0 Å². The summed E-state index contributed by atoms with van der Waals surface area (Å²) < 4.78 is 32.2. The number of nitrogens with zero attached hydrogens (tertiary/aromatic N) is 1. The molecular weight excluding hydrogens is 364 g/mol. The van der Waals surface area contributed by atoms with Gasteiger partial charge in [-0.15, -0.1) is 0 Å². The molecule has 0 spiro atoms. The molecule has 1 N–H and O–H groups in total. The molecule has 146 valence electrons. The fourth-order valence-electron chi connectivity index (χ4n) is 2.66. The van der Waals surface area contributed by atoms with Crippen LogP contribution in [0.25, 0.3) is 0 Å². The van der Waals surface area contributed by atoms with Gasteiger partial charge in [0.05, 0.1) is 24.1 Å². The third-order valence-electron chi connectivity index (χ3n) is 4.12. The van der Waals surface area contributed by atoms with E-state index in [9.17, 15) is 13.2 Å². The largest absolute Gasteiger partial charge is 0.494 e. The summed E-state index contributed by atoms with van der Waals surface area (Å²) in [5, 5.41) is 2.85. The van der Waals surface area contributed by atoms with Gasteiger partial charge in [0.1, 0.15) is 5.75 Å². The molecular formula is C20H26N2O4S. The second-order valence-electron chi connectivity index (χ2n) is 6.04. The zero-order valence-corrected chi connectivity index (χ0v) is 16.7. The van der Waals surface area contributed by atoms with Crippen molar-refractivity contribution >= 4 is 15.9 Å². The molecule has 0 bridgehead atoms. The zero-order valence-electron chi connectivity index (χ0n) is 15.9. The number of hydrogen-bond donors (Lipinski definition) is 1. The Morgan fingerprint density at radius 2 is 1.70 bits per heavy atom. The number of benzene rings is 2. The number of likely N-dealkylation sites (N-methyl/N-ethyl adjacent to an activating group) is 1. The summed E-state index contributed by atoms with van der Waals surface area (Å²) in [7, 11) is -3.76. The smallest absolute Gasteiger partial charge is 0.243 e. The van der Waals surface area contributed by atoms with E-state index in [-0.39, 0.29) is 29.9 Å². The molecule has 0 aliphatic carbocycles. The number of nitrogens with one attached hydrogen (secondary N) is 1. The standard InChI is InChI=1S/C20H26N2O4S/c1-4-22(15-20(23)21-16(3)17-9-7-6-8-10-17)27(24,25)19-13-11-18(12-14-19)26-5-2/h6-14,16H,4-5,15H2,1-3H3,(H,21,23)/t16-/m1/s1. The SMILES string of the molecule is CCOc1ccc(S(=O)(=O)N(CC)CC(=O)N[C@H](C)c2ccccc2)cc1. The van der Waals surface area contributed by atoms with Crippen LogP contribution >= 0.6 is 0 Å². The fraction of sp³-hybridized carbons (Fsp3) is 0.350. The number of sulfonamides is 1. The van der Waals surface area contributed by atoms with E-state index in [1.807, 2.05) is 44.2 Å². The van der Waals surface area contributed by atoms with E-state index in [0.717, 1.165) is 9.87 Å². The maximum absolute atomic E-state index is 12.8. The highest BCUT2D eigenvalue weighted by Crippen LogP contribution is 2.20. The van der Waals surface area contributed by atoms with Crippen molar-refractivity contribution in [2.75, 3.05) is 19.7 Å². The molecule has 0 fully saturated rings. The Labute approximate surface area is 161 Å². The summed E-state index contributed by atoms with van der Waals surface area (Å²) in [6.07, 6.45) is 0. The van der Waals surface area contributed by atoms with Crippen LogP contribution in [0, 0.1) is 0 Å². The first-order chi connectivity index (χ1) is 12.9. The summed E-state index contributed by atoms with van der Waals surface area (Å²) >= 11 is 0. The highest BCUT2D eigenvalue weighted by molar-refractivity contribution is 7.89. The molecule has 27 heavy (non-hydrogen) atoms. The minimum absolute atomic E-state index is 0.136. The van der Waals surface area contributed by atoms with Gasteiger partial charge < -0.3 is 10.1 Å². The average molecular weight is 391 g/mol. The van der Waals surface area contributed by atoms with Crippen molar-refractivity contribution in [1.29, 1.82) is 0 Å². The minimum Gasteiger partial charge on any atom is -0.494 e. The molecule has 0 heterocycles. The van der Waals surface area contributed by atoms with Gasteiger partial charge in [0.25, 0.3) is 0 Å². The lowest BCUT2D eigenvalue weighted by molar-refractivity contribution is -0.121. The van der Waals surface area contributed by atoms with E-state index in [2.05, 4.69) is 5.32 Å². The van der Waals surface area contributed by atoms with Crippen molar-refractivity contribution < 1.29 is 17.9 Å². The van der Waals surface area contributed by atoms with Gasteiger partial charge in [0.15, 0.2) is 0 Å². The molecule has 0 saturated carbocycles.